The van der Waals surface area contributed by atoms with E-state index in [9.17, 15) is 33.6 Å². The summed E-state index contributed by atoms with van der Waals surface area (Å²) in [5, 5.41) is 43.1. The van der Waals surface area contributed by atoms with Gasteiger partial charge in [-0.2, -0.15) is 18.3 Å². The van der Waals surface area contributed by atoms with Crippen molar-refractivity contribution in [3.05, 3.63) is 59.9 Å². The normalized spacial score (nSPS) is 12.4. The van der Waals surface area contributed by atoms with Crippen molar-refractivity contribution in [2.75, 3.05) is 19.8 Å². The highest BCUT2D eigenvalue weighted by molar-refractivity contribution is 5.88. The Bertz CT molecular complexity index is 1030. The molecule has 3 aromatic rings. The second kappa shape index (κ2) is 8.10. The monoisotopic (exact) mass is 422 g/mol. The summed E-state index contributed by atoms with van der Waals surface area (Å²) in [6.07, 6.45) is -2.05. The SMILES string of the molecule is Cc1cc(-c2cnn(C(CO)(CO)CO)c2)c(-c2ccccc2O)c(C(F)(F)F)c1. The first-order chi connectivity index (χ1) is 14.2. The average molecular weight is 422 g/mol. The van der Waals surface area contributed by atoms with Gasteiger partial charge in [0.1, 0.15) is 11.3 Å². The molecule has 0 fully saturated rings. The topological polar surface area (TPSA) is 98.7 Å². The zero-order chi connectivity index (χ0) is 22.1. The molecule has 0 aliphatic carbocycles. The van der Waals surface area contributed by atoms with Crippen molar-refractivity contribution >= 4 is 0 Å². The third-order valence-electron chi connectivity index (χ3n) is 5.02. The first-order valence-electron chi connectivity index (χ1n) is 9.05. The van der Waals surface area contributed by atoms with Crippen molar-refractivity contribution in [2.45, 2.75) is 18.6 Å². The fraction of sp³-hybridized carbons (Fsp3) is 0.286. The van der Waals surface area contributed by atoms with Crippen LogP contribution in [0.15, 0.2) is 48.8 Å². The predicted octanol–water partition coefficient (Wildman–Crippen LogP) is 2.92. The van der Waals surface area contributed by atoms with Crippen molar-refractivity contribution in [3.8, 4) is 28.0 Å². The Balaban J connectivity index is 2.31. The molecular formula is C21H21F3N2O4. The van der Waals surface area contributed by atoms with E-state index in [0.29, 0.717) is 5.56 Å². The van der Waals surface area contributed by atoms with Crippen LogP contribution in [-0.2, 0) is 11.7 Å². The molecular weight excluding hydrogens is 401 g/mol. The number of phenolic OH excluding ortho intramolecular Hbond substituents is 1. The van der Waals surface area contributed by atoms with Crippen molar-refractivity contribution in [3.63, 3.8) is 0 Å². The zero-order valence-electron chi connectivity index (χ0n) is 16.1. The van der Waals surface area contributed by atoms with Gasteiger partial charge in [0, 0.05) is 22.9 Å². The number of rotatable bonds is 6. The Hall–Kier alpha value is -2.88. The number of para-hydroxylation sites is 1. The van der Waals surface area contributed by atoms with E-state index in [-0.39, 0.29) is 28.0 Å². The summed E-state index contributed by atoms with van der Waals surface area (Å²) < 4.78 is 42.8. The van der Waals surface area contributed by atoms with E-state index in [4.69, 9.17) is 0 Å². The van der Waals surface area contributed by atoms with E-state index in [2.05, 4.69) is 5.10 Å². The summed E-state index contributed by atoms with van der Waals surface area (Å²) in [4.78, 5) is 0. The van der Waals surface area contributed by atoms with Gasteiger partial charge in [0.25, 0.3) is 0 Å². The van der Waals surface area contributed by atoms with Crippen LogP contribution >= 0.6 is 0 Å². The lowest BCUT2D eigenvalue weighted by Crippen LogP contribution is -2.45. The minimum Gasteiger partial charge on any atom is -0.507 e. The van der Waals surface area contributed by atoms with Crippen molar-refractivity contribution in [1.82, 2.24) is 9.78 Å². The van der Waals surface area contributed by atoms with Crippen molar-refractivity contribution in [1.29, 1.82) is 0 Å². The molecule has 0 bridgehead atoms. The van der Waals surface area contributed by atoms with Crippen LogP contribution in [0.25, 0.3) is 22.3 Å². The molecule has 4 N–H and O–H groups in total. The second-order valence-electron chi connectivity index (χ2n) is 7.12. The fourth-order valence-corrected chi connectivity index (χ4v) is 3.30. The molecule has 1 heterocycles. The number of aliphatic hydroxyl groups excluding tert-OH is 3. The maximum Gasteiger partial charge on any atom is 0.417 e. The standard InChI is InChI=1S/C21H21F3N2O4/c1-13-6-16(14-8-25-26(9-14)20(10-27,11-28)12-29)19(17(7-13)21(22,23)24)15-4-2-3-5-18(15)30/h2-9,27-30H,10-12H2,1H3. The summed E-state index contributed by atoms with van der Waals surface area (Å²) in [6, 6.07) is 8.28. The molecule has 9 heteroatoms. The molecule has 0 unspecified atom stereocenters. The van der Waals surface area contributed by atoms with E-state index >= 15 is 0 Å². The van der Waals surface area contributed by atoms with Crippen LogP contribution in [0.4, 0.5) is 13.2 Å². The molecule has 0 radical (unpaired) electrons. The Morgan fingerprint density at radius 3 is 2.17 bits per heavy atom. The summed E-state index contributed by atoms with van der Waals surface area (Å²) in [7, 11) is 0. The number of benzene rings is 2. The molecule has 0 aliphatic rings. The number of phenols is 1. The maximum absolute atomic E-state index is 13.9. The number of nitrogens with zero attached hydrogens (tertiary/aromatic N) is 2. The number of aliphatic hydroxyl groups is 3. The molecule has 2 aromatic carbocycles. The highest BCUT2D eigenvalue weighted by Crippen LogP contribution is 2.45. The summed E-state index contributed by atoms with van der Waals surface area (Å²) in [5.74, 6) is -0.309. The maximum atomic E-state index is 13.9. The zero-order valence-corrected chi connectivity index (χ0v) is 16.1. The quantitative estimate of drug-likeness (QED) is 0.490. The van der Waals surface area contributed by atoms with E-state index in [0.717, 1.165) is 10.7 Å². The van der Waals surface area contributed by atoms with E-state index < -0.39 is 37.1 Å². The molecule has 0 spiro atoms. The van der Waals surface area contributed by atoms with Gasteiger partial charge < -0.3 is 20.4 Å². The van der Waals surface area contributed by atoms with Gasteiger partial charge in [-0.3, -0.25) is 4.68 Å². The summed E-state index contributed by atoms with van der Waals surface area (Å²) in [5.41, 5.74) is -1.85. The second-order valence-corrected chi connectivity index (χ2v) is 7.12. The van der Waals surface area contributed by atoms with Crippen LogP contribution in [-0.4, -0.2) is 50.0 Å². The molecule has 0 saturated heterocycles. The molecule has 1 aromatic heterocycles. The minimum atomic E-state index is -4.68. The third kappa shape index (κ3) is 3.79. The van der Waals surface area contributed by atoms with Gasteiger partial charge in [-0.15, -0.1) is 0 Å². The molecule has 6 nitrogen and oxygen atoms in total. The Kier molecular flexibility index (Phi) is 5.89. The first-order valence-corrected chi connectivity index (χ1v) is 9.05. The van der Waals surface area contributed by atoms with Crippen molar-refractivity contribution < 1.29 is 33.6 Å². The number of halogens is 3. The van der Waals surface area contributed by atoms with Crippen molar-refractivity contribution in [2.24, 2.45) is 0 Å². The van der Waals surface area contributed by atoms with Crippen LogP contribution in [0.1, 0.15) is 11.1 Å². The van der Waals surface area contributed by atoms with Crippen LogP contribution in [0.2, 0.25) is 0 Å². The molecule has 0 aliphatic heterocycles. The van der Waals surface area contributed by atoms with Crippen LogP contribution in [0.5, 0.6) is 5.75 Å². The van der Waals surface area contributed by atoms with E-state index in [1.165, 1.54) is 49.6 Å². The molecule has 160 valence electrons. The van der Waals surface area contributed by atoms with Gasteiger partial charge in [-0.25, -0.2) is 0 Å². The summed E-state index contributed by atoms with van der Waals surface area (Å²) >= 11 is 0. The Morgan fingerprint density at radius 1 is 0.967 bits per heavy atom. The molecule has 0 saturated carbocycles. The molecule has 0 atom stereocenters. The van der Waals surface area contributed by atoms with Crippen LogP contribution < -0.4 is 0 Å². The fourth-order valence-electron chi connectivity index (χ4n) is 3.30. The number of aromatic nitrogens is 2. The van der Waals surface area contributed by atoms with Gasteiger partial charge in [0.05, 0.1) is 31.6 Å². The number of hydrogen-bond donors (Lipinski definition) is 4. The van der Waals surface area contributed by atoms with Gasteiger partial charge in [-0.05, 0) is 30.2 Å². The molecule has 30 heavy (non-hydrogen) atoms. The van der Waals surface area contributed by atoms with E-state index in [1.54, 1.807) is 0 Å². The number of alkyl halides is 3. The third-order valence-corrected chi connectivity index (χ3v) is 5.02. The first kappa shape index (κ1) is 21.8. The molecule has 3 rings (SSSR count). The molecule has 0 amide bonds. The Labute approximate surface area is 170 Å². The van der Waals surface area contributed by atoms with Gasteiger partial charge in [0.15, 0.2) is 0 Å². The van der Waals surface area contributed by atoms with Gasteiger partial charge in [-0.1, -0.05) is 24.3 Å². The predicted molar refractivity (Wildman–Crippen MR) is 104 cm³/mol. The number of hydrogen-bond acceptors (Lipinski definition) is 5. The number of aromatic hydroxyl groups is 1. The van der Waals surface area contributed by atoms with Crippen LogP contribution in [0, 0.1) is 6.92 Å². The minimum absolute atomic E-state index is 0.00492. The van der Waals surface area contributed by atoms with Gasteiger partial charge >= 0.3 is 6.18 Å². The van der Waals surface area contributed by atoms with Gasteiger partial charge in [0.2, 0.25) is 0 Å². The highest BCUT2D eigenvalue weighted by atomic mass is 19.4. The lowest BCUT2D eigenvalue weighted by Gasteiger charge is -2.27. The lowest BCUT2D eigenvalue weighted by atomic mass is 9.89. The lowest BCUT2D eigenvalue weighted by molar-refractivity contribution is -0.137. The summed E-state index contributed by atoms with van der Waals surface area (Å²) in [6.45, 7) is -0.365. The van der Waals surface area contributed by atoms with Crippen LogP contribution in [0.3, 0.4) is 0 Å². The largest absolute Gasteiger partial charge is 0.507 e. The smallest absolute Gasteiger partial charge is 0.417 e. The average Bonchev–Trinajstić information content (AvgIpc) is 3.20. The Morgan fingerprint density at radius 2 is 1.60 bits per heavy atom. The number of aryl methyl sites for hydroxylation is 1. The van der Waals surface area contributed by atoms with E-state index in [1.807, 2.05) is 0 Å². The highest BCUT2D eigenvalue weighted by Gasteiger charge is 2.37.